The number of esters is 1. The van der Waals surface area contributed by atoms with Gasteiger partial charge < -0.3 is 16.2 Å². The average Bonchev–Trinajstić information content (AvgIpc) is 2.43. The summed E-state index contributed by atoms with van der Waals surface area (Å²) < 4.78 is 5.21. The van der Waals surface area contributed by atoms with Crippen LogP contribution in [-0.2, 0) is 16.0 Å². The van der Waals surface area contributed by atoms with E-state index < -0.39 is 0 Å². The van der Waals surface area contributed by atoms with Crippen molar-refractivity contribution in [2.75, 3.05) is 18.1 Å². The molecular formula is C16H25ClN2O2. The summed E-state index contributed by atoms with van der Waals surface area (Å²) >= 11 is 5.87. The maximum atomic E-state index is 11.7. The molecule has 5 heteroatoms. The molecular weight excluding hydrogens is 288 g/mol. The number of halogens is 1. The Morgan fingerprint density at radius 1 is 1.10 bits per heavy atom. The highest BCUT2D eigenvalue weighted by Gasteiger charge is 2.09. The number of nitrogen functional groups attached to an aromatic ring is 2. The average molecular weight is 313 g/mol. The van der Waals surface area contributed by atoms with Crippen molar-refractivity contribution in [1.82, 2.24) is 0 Å². The second-order valence-electron chi connectivity index (χ2n) is 5.25. The lowest BCUT2D eigenvalue weighted by Crippen LogP contribution is -2.10. The second-order valence-corrected chi connectivity index (χ2v) is 5.63. The predicted octanol–water partition coefficient (Wildman–Crippen LogP) is 3.95. The Morgan fingerprint density at radius 2 is 1.67 bits per heavy atom. The van der Waals surface area contributed by atoms with Gasteiger partial charge in [0.1, 0.15) is 0 Å². The molecule has 118 valence electrons. The summed E-state index contributed by atoms with van der Waals surface area (Å²) in [7, 11) is 0. The van der Waals surface area contributed by atoms with Gasteiger partial charge in [-0.15, -0.1) is 0 Å². The highest BCUT2D eigenvalue weighted by atomic mass is 35.5. The van der Waals surface area contributed by atoms with Crippen LogP contribution >= 0.6 is 11.6 Å². The molecule has 21 heavy (non-hydrogen) atoms. The zero-order valence-electron chi connectivity index (χ0n) is 12.7. The summed E-state index contributed by atoms with van der Waals surface area (Å²) in [6.45, 7) is 2.67. The van der Waals surface area contributed by atoms with Gasteiger partial charge in [0.05, 0.1) is 29.4 Å². The number of hydrogen-bond acceptors (Lipinski definition) is 4. The van der Waals surface area contributed by atoms with Gasteiger partial charge >= 0.3 is 5.97 Å². The van der Waals surface area contributed by atoms with Gasteiger partial charge in [0.25, 0.3) is 0 Å². The van der Waals surface area contributed by atoms with Crippen molar-refractivity contribution in [3.63, 3.8) is 0 Å². The summed E-state index contributed by atoms with van der Waals surface area (Å²) in [5, 5.41) is 0.333. The normalized spacial score (nSPS) is 10.6. The van der Waals surface area contributed by atoms with Gasteiger partial charge in [-0.1, -0.05) is 50.6 Å². The molecule has 4 nitrogen and oxygen atoms in total. The van der Waals surface area contributed by atoms with Crippen LogP contribution in [0.15, 0.2) is 12.1 Å². The predicted molar refractivity (Wildman–Crippen MR) is 88.3 cm³/mol. The van der Waals surface area contributed by atoms with Crippen molar-refractivity contribution in [3.8, 4) is 0 Å². The molecule has 0 saturated heterocycles. The van der Waals surface area contributed by atoms with Crippen molar-refractivity contribution in [1.29, 1.82) is 0 Å². The van der Waals surface area contributed by atoms with Gasteiger partial charge in [-0.05, 0) is 24.1 Å². The number of hydrogen-bond donors (Lipinski definition) is 2. The number of ether oxygens (including phenoxy) is 1. The van der Waals surface area contributed by atoms with E-state index in [1.165, 1.54) is 25.7 Å². The Morgan fingerprint density at radius 3 is 2.29 bits per heavy atom. The number of rotatable bonds is 9. The molecule has 4 N–H and O–H groups in total. The van der Waals surface area contributed by atoms with Gasteiger partial charge in [-0.25, -0.2) is 0 Å². The van der Waals surface area contributed by atoms with Crippen molar-refractivity contribution in [3.05, 3.63) is 22.7 Å². The molecule has 0 saturated carbocycles. The molecule has 0 radical (unpaired) electrons. The monoisotopic (exact) mass is 312 g/mol. The number of benzene rings is 1. The van der Waals surface area contributed by atoms with E-state index in [2.05, 4.69) is 6.92 Å². The number of unbranched alkanes of at least 4 members (excludes halogenated alkanes) is 5. The molecule has 0 unspecified atom stereocenters. The van der Waals surface area contributed by atoms with Crippen LogP contribution in [-0.4, -0.2) is 12.6 Å². The molecule has 0 aromatic heterocycles. The van der Waals surface area contributed by atoms with Crippen LogP contribution in [0.5, 0.6) is 0 Å². The lowest BCUT2D eigenvalue weighted by molar-refractivity contribution is -0.142. The van der Waals surface area contributed by atoms with E-state index in [9.17, 15) is 4.79 Å². The van der Waals surface area contributed by atoms with E-state index in [4.69, 9.17) is 27.8 Å². The first-order valence-corrected chi connectivity index (χ1v) is 7.91. The Balaban J connectivity index is 2.25. The molecule has 0 spiro atoms. The molecule has 0 bridgehead atoms. The van der Waals surface area contributed by atoms with Crippen LogP contribution in [0.25, 0.3) is 0 Å². The third-order valence-electron chi connectivity index (χ3n) is 3.30. The SMILES string of the molecule is CCCCCCCCOC(=O)Cc1cc(N)c(Cl)c(N)c1. The molecule has 0 aliphatic rings. The fourth-order valence-corrected chi connectivity index (χ4v) is 2.23. The zero-order valence-corrected chi connectivity index (χ0v) is 13.4. The van der Waals surface area contributed by atoms with Crippen LogP contribution in [0.4, 0.5) is 11.4 Å². The van der Waals surface area contributed by atoms with E-state index in [1.807, 2.05) is 0 Å². The van der Waals surface area contributed by atoms with Crippen LogP contribution in [0.3, 0.4) is 0 Å². The first kappa shape index (κ1) is 17.6. The van der Waals surface area contributed by atoms with E-state index in [0.29, 0.717) is 23.0 Å². The zero-order chi connectivity index (χ0) is 15.7. The van der Waals surface area contributed by atoms with Gasteiger partial charge in [0.15, 0.2) is 0 Å². The molecule has 0 aliphatic carbocycles. The van der Waals surface area contributed by atoms with E-state index in [-0.39, 0.29) is 12.4 Å². The second kappa shape index (κ2) is 9.50. The number of nitrogens with two attached hydrogens (primary N) is 2. The van der Waals surface area contributed by atoms with Crippen molar-refractivity contribution in [2.24, 2.45) is 0 Å². The van der Waals surface area contributed by atoms with Crippen LogP contribution in [0, 0.1) is 0 Å². The quantitative estimate of drug-likeness (QED) is 0.411. The summed E-state index contributed by atoms with van der Waals surface area (Å²) in [6.07, 6.45) is 7.17. The van der Waals surface area contributed by atoms with E-state index in [0.717, 1.165) is 18.4 Å². The lowest BCUT2D eigenvalue weighted by atomic mass is 10.1. The first-order chi connectivity index (χ1) is 10.0. The summed E-state index contributed by atoms with van der Waals surface area (Å²) in [6, 6.07) is 3.31. The van der Waals surface area contributed by atoms with E-state index in [1.54, 1.807) is 12.1 Å². The van der Waals surface area contributed by atoms with Crippen LogP contribution < -0.4 is 11.5 Å². The minimum Gasteiger partial charge on any atom is -0.465 e. The van der Waals surface area contributed by atoms with Gasteiger partial charge in [0, 0.05) is 0 Å². The van der Waals surface area contributed by atoms with E-state index >= 15 is 0 Å². The van der Waals surface area contributed by atoms with Gasteiger partial charge in [-0.2, -0.15) is 0 Å². The minimum absolute atomic E-state index is 0.168. The number of anilines is 2. The molecule has 0 aliphatic heterocycles. The Hall–Kier alpha value is -1.42. The minimum atomic E-state index is -0.260. The smallest absolute Gasteiger partial charge is 0.310 e. The molecule has 1 aromatic carbocycles. The van der Waals surface area contributed by atoms with Crippen molar-refractivity contribution >= 4 is 28.9 Å². The largest absolute Gasteiger partial charge is 0.465 e. The standard InChI is InChI=1S/C16H25ClN2O2/c1-2-3-4-5-6-7-8-21-15(20)11-12-9-13(18)16(17)14(19)10-12/h9-10H,2-8,11,18-19H2,1H3. The maximum Gasteiger partial charge on any atom is 0.310 e. The molecule has 0 atom stereocenters. The fraction of sp³-hybridized carbons (Fsp3) is 0.562. The summed E-state index contributed by atoms with van der Waals surface area (Å²) in [4.78, 5) is 11.7. The highest BCUT2D eigenvalue weighted by molar-refractivity contribution is 6.35. The van der Waals surface area contributed by atoms with Crippen LogP contribution in [0.2, 0.25) is 5.02 Å². The molecule has 0 heterocycles. The lowest BCUT2D eigenvalue weighted by Gasteiger charge is -2.08. The third-order valence-corrected chi connectivity index (χ3v) is 3.73. The molecule has 0 amide bonds. The molecule has 0 fully saturated rings. The number of carbonyl (C=O) groups is 1. The fourth-order valence-electron chi connectivity index (χ4n) is 2.12. The maximum absolute atomic E-state index is 11.7. The summed E-state index contributed by atoms with van der Waals surface area (Å²) in [5.74, 6) is -0.260. The van der Waals surface area contributed by atoms with Gasteiger partial charge in [0.2, 0.25) is 0 Å². The Kier molecular flexibility index (Phi) is 7.98. The number of carbonyl (C=O) groups excluding carboxylic acids is 1. The Bertz CT molecular complexity index is 441. The molecule has 1 rings (SSSR count). The van der Waals surface area contributed by atoms with Crippen molar-refractivity contribution in [2.45, 2.75) is 51.9 Å². The Labute approximate surface area is 131 Å². The highest BCUT2D eigenvalue weighted by Crippen LogP contribution is 2.27. The topological polar surface area (TPSA) is 78.3 Å². The molecule has 1 aromatic rings. The first-order valence-electron chi connectivity index (χ1n) is 7.53. The van der Waals surface area contributed by atoms with Gasteiger partial charge in [-0.3, -0.25) is 4.79 Å². The van der Waals surface area contributed by atoms with Crippen molar-refractivity contribution < 1.29 is 9.53 Å². The van der Waals surface area contributed by atoms with Crippen LogP contribution in [0.1, 0.15) is 51.0 Å². The summed E-state index contributed by atoms with van der Waals surface area (Å²) in [5.41, 5.74) is 12.9. The third kappa shape index (κ3) is 6.71.